The van der Waals surface area contributed by atoms with E-state index in [0.717, 1.165) is 0 Å². The summed E-state index contributed by atoms with van der Waals surface area (Å²) < 4.78 is 10.9. The average molecular weight is 305 g/mol. The zero-order valence-electron chi connectivity index (χ0n) is 11.4. The molecule has 9 heteroatoms. The van der Waals surface area contributed by atoms with Crippen LogP contribution in [-0.4, -0.2) is 53.7 Å². The highest BCUT2D eigenvalue weighted by atomic mass is 35.5. The predicted octanol–water partition coefficient (Wildman–Crippen LogP) is -0.0438. The topological polar surface area (TPSA) is 95.3 Å². The van der Waals surface area contributed by atoms with E-state index < -0.39 is 5.97 Å². The first-order chi connectivity index (χ1) is 9.63. The van der Waals surface area contributed by atoms with Gasteiger partial charge in [0, 0.05) is 13.7 Å². The predicted molar refractivity (Wildman–Crippen MR) is 70.4 cm³/mol. The van der Waals surface area contributed by atoms with Crippen molar-refractivity contribution < 1.29 is 19.1 Å². The molecule has 0 bridgehead atoms. The van der Waals surface area contributed by atoms with Crippen molar-refractivity contribution in [3.63, 3.8) is 0 Å². The Labute approximate surface area is 121 Å². The summed E-state index contributed by atoms with van der Waals surface area (Å²) in [6.07, 6.45) is 0. The van der Waals surface area contributed by atoms with Gasteiger partial charge in [-0.05, 0) is 6.92 Å². The van der Waals surface area contributed by atoms with Crippen LogP contribution in [0.1, 0.15) is 23.1 Å². The van der Waals surface area contributed by atoms with E-state index in [4.69, 9.17) is 21.1 Å². The number of methoxy groups -OCH3 is 1. The van der Waals surface area contributed by atoms with Gasteiger partial charge in [0.1, 0.15) is 6.54 Å². The number of aromatic nitrogens is 3. The molecule has 0 aliphatic heterocycles. The maximum Gasteiger partial charge on any atom is 0.360 e. The second-order valence-electron chi connectivity index (χ2n) is 3.74. The molecular formula is C11H17ClN4O4. The number of alkyl halides is 1. The van der Waals surface area contributed by atoms with E-state index in [1.807, 2.05) is 0 Å². The number of ether oxygens (including phenoxy) is 2. The molecule has 0 radical (unpaired) electrons. The summed E-state index contributed by atoms with van der Waals surface area (Å²) in [7, 11) is 1.54. The van der Waals surface area contributed by atoms with Crippen LogP contribution in [0.2, 0.25) is 0 Å². The first-order valence-electron chi connectivity index (χ1n) is 6.05. The van der Waals surface area contributed by atoms with E-state index in [0.29, 0.717) is 18.8 Å². The highest BCUT2D eigenvalue weighted by molar-refractivity contribution is 6.17. The van der Waals surface area contributed by atoms with Gasteiger partial charge >= 0.3 is 5.97 Å². The Kier molecular flexibility index (Phi) is 6.96. The van der Waals surface area contributed by atoms with Crippen molar-refractivity contribution in [2.45, 2.75) is 19.3 Å². The lowest BCUT2D eigenvalue weighted by molar-refractivity contribution is -0.122. The molecule has 0 aromatic carbocycles. The molecule has 8 nitrogen and oxygen atoms in total. The number of hydrogen-bond acceptors (Lipinski definition) is 6. The van der Waals surface area contributed by atoms with Crippen molar-refractivity contribution in [1.29, 1.82) is 0 Å². The van der Waals surface area contributed by atoms with Crippen LogP contribution >= 0.6 is 11.6 Å². The Bertz CT molecular complexity index is 463. The average Bonchev–Trinajstić information content (AvgIpc) is 2.82. The zero-order chi connectivity index (χ0) is 15.0. The number of carbonyl (C=O) groups excluding carboxylic acids is 2. The van der Waals surface area contributed by atoms with Crippen molar-refractivity contribution in [3.05, 3.63) is 11.4 Å². The second-order valence-corrected chi connectivity index (χ2v) is 4.01. The third kappa shape index (κ3) is 4.46. The van der Waals surface area contributed by atoms with Crippen molar-refractivity contribution >= 4 is 23.5 Å². The second kappa shape index (κ2) is 8.49. The van der Waals surface area contributed by atoms with E-state index >= 15 is 0 Å². The van der Waals surface area contributed by atoms with Gasteiger partial charge in [-0.3, -0.25) is 4.79 Å². The van der Waals surface area contributed by atoms with Crippen LogP contribution in [0.4, 0.5) is 0 Å². The minimum atomic E-state index is -0.603. The van der Waals surface area contributed by atoms with Gasteiger partial charge in [0.15, 0.2) is 5.69 Å². The van der Waals surface area contributed by atoms with Gasteiger partial charge in [0.25, 0.3) is 0 Å². The molecule has 0 saturated heterocycles. The van der Waals surface area contributed by atoms with E-state index in [1.54, 1.807) is 14.0 Å². The first kappa shape index (κ1) is 16.4. The minimum absolute atomic E-state index is 0.00645. The Morgan fingerprint density at radius 2 is 2.20 bits per heavy atom. The molecule has 0 spiro atoms. The highest BCUT2D eigenvalue weighted by Gasteiger charge is 2.21. The summed E-state index contributed by atoms with van der Waals surface area (Å²) in [5.74, 6) is -0.866. The fraction of sp³-hybridized carbons (Fsp3) is 0.636. The number of nitrogens with zero attached hydrogens (tertiary/aromatic N) is 3. The third-order valence-electron chi connectivity index (χ3n) is 2.35. The molecule has 0 saturated carbocycles. The maximum absolute atomic E-state index is 11.6. The number of carbonyl (C=O) groups is 2. The Morgan fingerprint density at radius 1 is 1.45 bits per heavy atom. The zero-order valence-corrected chi connectivity index (χ0v) is 12.1. The van der Waals surface area contributed by atoms with Crippen LogP contribution < -0.4 is 5.32 Å². The number of hydrogen-bond donors (Lipinski definition) is 1. The van der Waals surface area contributed by atoms with Gasteiger partial charge in [-0.2, -0.15) is 0 Å². The third-order valence-corrected chi connectivity index (χ3v) is 2.61. The van der Waals surface area contributed by atoms with E-state index in [1.165, 1.54) is 4.68 Å². The molecule has 1 heterocycles. The van der Waals surface area contributed by atoms with Crippen LogP contribution in [0.5, 0.6) is 0 Å². The molecule has 0 unspecified atom stereocenters. The Morgan fingerprint density at radius 3 is 2.80 bits per heavy atom. The van der Waals surface area contributed by atoms with Crippen LogP contribution in [0.3, 0.4) is 0 Å². The Balaban J connectivity index is 2.71. The molecule has 0 fully saturated rings. The molecule has 1 N–H and O–H groups in total. The monoisotopic (exact) mass is 304 g/mol. The molecule has 1 aromatic rings. The molecule has 1 rings (SSSR count). The summed E-state index contributed by atoms with van der Waals surface area (Å²) >= 11 is 5.77. The summed E-state index contributed by atoms with van der Waals surface area (Å²) in [5.41, 5.74) is 0.388. The quantitative estimate of drug-likeness (QED) is 0.411. The lowest BCUT2D eigenvalue weighted by atomic mass is 10.3. The standard InChI is InChI=1S/C11H17ClN4O4/c1-3-20-11(18)10-8(6-12)16(15-14-10)7-9(17)13-4-5-19-2/h3-7H2,1-2H3,(H,13,17). The van der Waals surface area contributed by atoms with E-state index in [2.05, 4.69) is 15.6 Å². The fourth-order valence-electron chi connectivity index (χ4n) is 1.43. The molecule has 1 amide bonds. The lowest BCUT2D eigenvalue weighted by Crippen LogP contribution is -2.31. The smallest absolute Gasteiger partial charge is 0.360 e. The molecule has 20 heavy (non-hydrogen) atoms. The number of rotatable bonds is 8. The van der Waals surface area contributed by atoms with Crippen LogP contribution in [0, 0.1) is 0 Å². The minimum Gasteiger partial charge on any atom is -0.461 e. The van der Waals surface area contributed by atoms with Crippen LogP contribution in [0.15, 0.2) is 0 Å². The summed E-state index contributed by atoms with van der Waals surface area (Å²) in [4.78, 5) is 23.3. The van der Waals surface area contributed by atoms with Crippen molar-refractivity contribution in [2.75, 3.05) is 26.9 Å². The summed E-state index contributed by atoms with van der Waals surface area (Å²) in [6, 6.07) is 0. The van der Waals surface area contributed by atoms with Crippen molar-refractivity contribution in [2.24, 2.45) is 0 Å². The van der Waals surface area contributed by atoms with Gasteiger partial charge < -0.3 is 14.8 Å². The van der Waals surface area contributed by atoms with Crippen molar-refractivity contribution in [3.8, 4) is 0 Å². The van der Waals surface area contributed by atoms with Gasteiger partial charge in [0.05, 0.1) is 24.8 Å². The summed E-state index contributed by atoms with van der Waals surface area (Å²) in [6.45, 7) is 2.65. The molecule has 112 valence electrons. The molecular weight excluding hydrogens is 288 g/mol. The number of halogens is 1. The maximum atomic E-state index is 11.6. The number of esters is 1. The fourth-order valence-corrected chi connectivity index (χ4v) is 1.70. The number of nitrogens with one attached hydrogen (secondary N) is 1. The molecule has 0 atom stereocenters. The largest absolute Gasteiger partial charge is 0.461 e. The van der Waals surface area contributed by atoms with Gasteiger partial charge in [-0.1, -0.05) is 5.21 Å². The van der Waals surface area contributed by atoms with Crippen molar-refractivity contribution in [1.82, 2.24) is 20.3 Å². The molecule has 0 aliphatic rings. The van der Waals surface area contributed by atoms with Crippen LogP contribution in [0.25, 0.3) is 0 Å². The van der Waals surface area contributed by atoms with E-state index in [9.17, 15) is 9.59 Å². The number of amides is 1. The molecule has 1 aromatic heterocycles. The van der Waals surface area contributed by atoms with Gasteiger partial charge in [-0.15, -0.1) is 16.7 Å². The van der Waals surface area contributed by atoms with Gasteiger partial charge in [-0.25, -0.2) is 9.48 Å². The molecule has 0 aliphatic carbocycles. The van der Waals surface area contributed by atoms with Gasteiger partial charge in [0.2, 0.25) is 5.91 Å². The normalized spacial score (nSPS) is 10.3. The highest BCUT2D eigenvalue weighted by Crippen LogP contribution is 2.10. The lowest BCUT2D eigenvalue weighted by Gasteiger charge is -2.06. The van der Waals surface area contributed by atoms with E-state index in [-0.39, 0.29) is 30.6 Å². The SMILES string of the molecule is CCOC(=O)c1nnn(CC(=O)NCCOC)c1CCl. The first-order valence-corrected chi connectivity index (χ1v) is 6.58. The van der Waals surface area contributed by atoms with Crippen LogP contribution in [-0.2, 0) is 26.7 Å². The summed E-state index contributed by atoms with van der Waals surface area (Å²) in [5, 5.41) is 10.1. The Hall–Kier alpha value is -1.67.